The monoisotopic (exact) mass is 538 g/mol. The molecule has 1 aliphatic carbocycles. The van der Waals surface area contributed by atoms with Crippen LogP contribution in [0.25, 0.3) is 33.5 Å². The van der Waals surface area contributed by atoms with E-state index >= 15 is 0 Å². The fraction of sp³-hybridized carbons (Fsp3) is 0.300. The summed E-state index contributed by atoms with van der Waals surface area (Å²) in [6.07, 6.45) is 5.15. The molecule has 4 aromatic rings. The third-order valence-electron chi connectivity index (χ3n) is 7.81. The molecule has 1 saturated heterocycles. The van der Waals surface area contributed by atoms with Crippen LogP contribution in [0.5, 0.6) is 0 Å². The molecule has 3 aromatic carbocycles. The van der Waals surface area contributed by atoms with Crippen molar-refractivity contribution in [2.75, 3.05) is 13.1 Å². The molecule has 6 heteroatoms. The van der Waals surface area contributed by atoms with Crippen LogP contribution < -0.4 is 0 Å². The molecule has 1 atom stereocenters. The summed E-state index contributed by atoms with van der Waals surface area (Å²) in [4.78, 5) is 24.2. The highest BCUT2D eigenvalue weighted by Crippen LogP contribution is 2.35. The predicted octanol–water partition coefficient (Wildman–Crippen LogP) is 6.32. The van der Waals surface area contributed by atoms with Crippen molar-refractivity contribution in [3.63, 3.8) is 0 Å². The Morgan fingerprint density at radius 3 is 2.61 bits per heavy atom. The Hall–Kier alpha value is -3.25. The smallest absolute Gasteiger partial charge is 0.225 e. The minimum absolute atomic E-state index is 0.292. The first-order valence-electron chi connectivity index (χ1n) is 12.8. The molecule has 36 heavy (non-hydrogen) atoms. The minimum atomic E-state index is 0.292. The lowest BCUT2D eigenvalue weighted by atomic mass is 9.99. The fourth-order valence-electron chi connectivity index (χ4n) is 5.64. The van der Waals surface area contributed by atoms with Crippen molar-refractivity contribution in [2.45, 2.75) is 32.4 Å². The van der Waals surface area contributed by atoms with Gasteiger partial charge in [0.2, 0.25) is 5.91 Å². The molecule has 0 N–H and O–H groups in total. The highest BCUT2D eigenvalue weighted by molar-refractivity contribution is 9.10. The summed E-state index contributed by atoms with van der Waals surface area (Å²) in [5.41, 5.74) is 8.13. The molecule has 2 fully saturated rings. The van der Waals surface area contributed by atoms with E-state index in [1.807, 2.05) is 6.21 Å². The molecule has 2 aliphatic heterocycles. The van der Waals surface area contributed by atoms with Crippen LogP contribution in [0.15, 0.2) is 70.1 Å². The maximum Gasteiger partial charge on any atom is 0.225 e. The fourth-order valence-corrected chi connectivity index (χ4v) is 6.08. The van der Waals surface area contributed by atoms with Gasteiger partial charge in [-0.05, 0) is 81.6 Å². The molecule has 180 valence electrons. The van der Waals surface area contributed by atoms with Crippen molar-refractivity contribution in [3.05, 3.63) is 76.3 Å². The Balaban J connectivity index is 1.21. The largest absolute Gasteiger partial charge is 0.342 e. The quantitative estimate of drug-likeness (QED) is 0.298. The number of para-hydroxylation sites is 1. The molecule has 0 radical (unpaired) electrons. The van der Waals surface area contributed by atoms with E-state index in [9.17, 15) is 4.79 Å². The van der Waals surface area contributed by atoms with Gasteiger partial charge in [-0.25, -0.2) is 4.98 Å². The Morgan fingerprint density at radius 1 is 0.972 bits per heavy atom. The number of likely N-dealkylation sites (tertiary alicyclic amines) is 1. The Morgan fingerprint density at radius 2 is 1.78 bits per heavy atom. The molecule has 1 saturated carbocycles. The van der Waals surface area contributed by atoms with Crippen LogP contribution in [0.1, 0.15) is 30.4 Å². The van der Waals surface area contributed by atoms with Gasteiger partial charge in [0.05, 0.1) is 12.1 Å². The van der Waals surface area contributed by atoms with Crippen molar-refractivity contribution < 1.29 is 4.79 Å². The molecule has 7 rings (SSSR count). The van der Waals surface area contributed by atoms with E-state index in [-0.39, 0.29) is 0 Å². The molecule has 1 aromatic heterocycles. The van der Waals surface area contributed by atoms with Crippen molar-refractivity contribution in [2.24, 2.45) is 16.8 Å². The number of hydrogen-bond acceptors (Lipinski definition) is 3. The van der Waals surface area contributed by atoms with E-state index in [1.165, 1.54) is 22.3 Å². The summed E-state index contributed by atoms with van der Waals surface area (Å²) in [5.74, 6) is 2.08. The maximum absolute atomic E-state index is 12.6. The predicted molar refractivity (Wildman–Crippen MR) is 147 cm³/mol. The standard InChI is InChI=1S/C30H27BrN4O/c31-26-2-1-3-27-28(26)33-29(35(27)18-19-12-13-34(17-19)30(36)22-8-9-22)21-6-4-20(5-7-21)23-10-11-24-15-32-16-25(24)14-23/h1-7,10-11,14,16,19,22H,8-9,12-13,15,17-18H2/t19-/m1/s1. The van der Waals surface area contributed by atoms with Crippen molar-refractivity contribution in [1.29, 1.82) is 0 Å². The first kappa shape index (κ1) is 22.0. The van der Waals surface area contributed by atoms with Crippen molar-refractivity contribution >= 4 is 39.1 Å². The van der Waals surface area contributed by atoms with Crippen molar-refractivity contribution in [1.82, 2.24) is 14.5 Å². The lowest BCUT2D eigenvalue weighted by molar-refractivity contribution is -0.131. The van der Waals surface area contributed by atoms with Gasteiger partial charge < -0.3 is 9.47 Å². The Bertz CT molecular complexity index is 1520. The third-order valence-corrected chi connectivity index (χ3v) is 8.45. The van der Waals surface area contributed by atoms with Gasteiger partial charge >= 0.3 is 0 Å². The van der Waals surface area contributed by atoms with Gasteiger partial charge in [0.1, 0.15) is 11.3 Å². The number of amides is 1. The highest BCUT2D eigenvalue weighted by atomic mass is 79.9. The van der Waals surface area contributed by atoms with E-state index < -0.39 is 0 Å². The number of halogens is 1. The molecule has 0 spiro atoms. The maximum atomic E-state index is 12.6. The van der Waals surface area contributed by atoms with Gasteiger partial charge in [-0.3, -0.25) is 9.79 Å². The number of imidazole rings is 1. The lowest BCUT2D eigenvalue weighted by Crippen LogP contribution is -2.30. The Kier molecular flexibility index (Phi) is 5.31. The van der Waals surface area contributed by atoms with Crippen LogP contribution in [-0.2, 0) is 17.9 Å². The van der Waals surface area contributed by atoms with Crippen LogP contribution in [0, 0.1) is 11.8 Å². The zero-order valence-electron chi connectivity index (χ0n) is 20.0. The zero-order valence-corrected chi connectivity index (χ0v) is 21.6. The Labute approximate surface area is 219 Å². The first-order valence-corrected chi connectivity index (χ1v) is 13.6. The van der Waals surface area contributed by atoms with Gasteiger partial charge in [0.15, 0.2) is 0 Å². The average Bonchev–Trinajstić information content (AvgIpc) is 3.30. The number of nitrogens with zero attached hydrogens (tertiary/aromatic N) is 4. The van der Waals surface area contributed by atoms with E-state index in [1.54, 1.807) is 0 Å². The summed E-state index contributed by atoms with van der Waals surface area (Å²) in [7, 11) is 0. The van der Waals surface area contributed by atoms with Crippen LogP contribution in [-0.4, -0.2) is 39.7 Å². The second-order valence-electron chi connectivity index (χ2n) is 10.3. The molecule has 3 heterocycles. The lowest BCUT2D eigenvalue weighted by Gasteiger charge is -2.18. The number of carbonyl (C=O) groups is 1. The van der Waals surface area contributed by atoms with Crippen LogP contribution >= 0.6 is 15.9 Å². The van der Waals surface area contributed by atoms with Crippen LogP contribution in [0.2, 0.25) is 0 Å². The number of aliphatic imine (C=N–C) groups is 1. The first-order chi connectivity index (χ1) is 17.6. The molecule has 3 aliphatic rings. The number of rotatable bonds is 5. The second-order valence-corrected chi connectivity index (χ2v) is 11.2. The van der Waals surface area contributed by atoms with Crippen LogP contribution in [0.4, 0.5) is 0 Å². The number of aromatic nitrogens is 2. The number of hydrogen-bond donors (Lipinski definition) is 0. The number of fused-ring (bicyclic) bond motifs is 2. The van der Waals surface area contributed by atoms with Gasteiger partial charge in [-0.15, -0.1) is 0 Å². The number of carbonyl (C=O) groups excluding carboxylic acids is 1. The summed E-state index contributed by atoms with van der Waals surface area (Å²) < 4.78 is 3.37. The summed E-state index contributed by atoms with van der Waals surface area (Å²) in [6.45, 7) is 3.38. The summed E-state index contributed by atoms with van der Waals surface area (Å²) >= 11 is 3.71. The summed E-state index contributed by atoms with van der Waals surface area (Å²) in [5, 5.41) is 0. The average molecular weight is 539 g/mol. The molecule has 5 nitrogen and oxygen atoms in total. The molecule has 0 unspecified atom stereocenters. The summed E-state index contributed by atoms with van der Waals surface area (Å²) in [6, 6.07) is 21.6. The third kappa shape index (κ3) is 3.88. The molecule has 1 amide bonds. The van der Waals surface area contributed by atoms with Gasteiger partial charge in [-0.2, -0.15) is 0 Å². The normalized spacial score (nSPS) is 18.8. The van der Waals surface area contributed by atoms with Gasteiger partial charge in [0.25, 0.3) is 0 Å². The van der Waals surface area contributed by atoms with E-state index in [0.717, 1.165) is 72.3 Å². The van der Waals surface area contributed by atoms with E-state index in [0.29, 0.717) is 17.7 Å². The zero-order chi connectivity index (χ0) is 24.2. The second kappa shape index (κ2) is 8.70. The number of benzene rings is 3. The molecule has 0 bridgehead atoms. The van der Waals surface area contributed by atoms with Crippen molar-refractivity contribution in [3.8, 4) is 22.5 Å². The topological polar surface area (TPSA) is 50.5 Å². The SMILES string of the molecule is O=C(C1CC1)N1CC[C@@H](Cn2c(-c3ccc(-c4ccc5c(c4)C=NC5)cc3)nc3c(Br)cccc32)C1. The van der Waals surface area contributed by atoms with Gasteiger partial charge in [-0.1, -0.05) is 42.5 Å². The minimum Gasteiger partial charge on any atom is -0.342 e. The van der Waals surface area contributed by atoms with E-state index in [2.05, 4.69) is 91.1 Å². The molecular formula is C30H27BrN4O. The molecular weight excluding hydrogens is 512 g/mol. The van der Waals surface area contributed by atoms with Crippen LogP contribution in [0.3, 0.4) is 0 Å². The van der Waals surface area contributed by atoms with E-state index in [4.69, 9.17) is 4.98 Å². The van der Waals surface area contributed by atoms with Gasteiger partial charge in [0, 0.05) is 41.8 Å². The highest BCUT2D eigenvalue weighted by Gasteiger charge is 2.36.